The van der Waals surface area contributed by atoms with Crippen LogP contribution >= 0.6 is 23.2 Å². The molecule has 2 aromatic carbocycles. The van der Waals surface area contributed by atoms with Gasteiger partial charge < -0.3 is 5.32 Å². The summed E-state index contributed by atoms with van der Waals surface area (Å²) in [5, 5.41) is 3.65. The summed E-state index contributed by atoms with van der Waals surface area (Å²) in [4.78, 5) is 12.4. The first-order valence-corrected chi connectivity index (χ1v) is 12.3. The van der Waals surface area contributed by atoms with Crippen LogP contribution in [0.15, 0.2) is 54.1 Å². The zero-order valence-corrected chi connectivity index (χ0v) is 19.0. The van der Waals surface area contributed by atoms with Crippen LogP contribution < -0.4 is 9.62 Å². The van der Waals surface area contributed by atoms with E-state index in [1.807, 2.05) is 0 Å². The molecular formula is C22H24Cl2N2O3S. The molecule has 1 aliphatic carbocycles. The number of anilines is 1. The van der Waals surface area contributed by atoms with Gasteiger partial charge in [0.2, 0.25) is 10.0 Å². The van der Waals surface area contributed by atoms with Gasteiger partial charge in [-0.2, -0.15) is 0 Å². The molecule has 5 nitrogen and oxygen atoms in total. The minimum atomic E-state index is -3.57. The number of amides is 1. The molecule has 1 aliphatic rings. The van der Waals surface area contributed by atoms with Gasteiger partial charge in [-0.25, -0.2) is 8.42 Å². The van der Waals surface area contributed by atoms with Gasteiger partial charge in [-0.3, -0.25) is 9.10 Å². The van der Waals surface area contributed by atoms with Crippen LogP contribution in [0.5, 0.6) is 0 Å². The van der Waals surface area contributed by atoms with Gasteiger partial charge in [0.05, 0.1) is 18.5 Å². The third-order valence-electron chi connectivity index (χ3n) is 4.94. The predicted molar refractivity (Wildman–Crippen MR) is 123 cm³/mol. The number of halogens is 2. The number of nitrogens with zero attached hydrogens (tertiary/aromatic N) is 1. The SMILES string of the molecule is CS(=O)(=O)N(Cc1ccc(C(=O)NCC2=CCCCC2)cc1)c1cc(Cl)cc(Cl)c1. The van der Waals surface area contributed by atoms with Crippen molar-refractivity contribution in [3.05, 3.63) is 75.3 Å². The number of hydrogen-bond acceptors (Lipinski definition) is 3. The van der Waals surface area contributed by atoms with Gasteiger partial charge in [0.1, 0.15) is 0 Å². The smallest absolute Gasteiger partial charge is 0.251 e. The van der Waals surface area contributed by atoms with Crippen LogP contribution in [0.4, 0.5) is 5.69 Å². The largest absolute Gasteiger partial charge is 0.348 e. The first-order valence-electron chi connectivity index (χ1n) is 9.71. The number of sulfonamides is 1. The summed E-state index contributed by atoms with van der Waals surface area (Å²) < 4.78 is 25.9. The van der Waals surface area contributed by atoms with Crippen molar-refractivity contribution in [2.45, 2.75) is 32.2 Å². The van der Waals surface area contributed by atoms with E-state index in [2.05, 4.69) is 11.4 Å². The number of rotatable bonds is 7. The summed E-state index contributed by atoms with van der Waals surface area (Å²) in [6, 6.07) is 11.5. The van der Waals surface area contributed by atoms with E-state index in [4.69, 9.17) is 23.2 Å². The van der Waals surface area contributed by atoms with E-state index in [0.717, 1.165) is 24.7 Å². The first kappa shape index (κ1) is 22.7. The monoisotopic (exact) mass is 466 g/mol. The maximum absolute atomic E-state index is 12.4. The van der Waals surface area contributed by atoms with Crippen LogP contribution in [0, 0.1) is 0 Å². The quantitative estimate of drug-likeness (QED) is 0.570. The highest BCUT2D eigenvalue weighted by molar-refractivity contribution is 7.92. The van der Waals surface area contributed by atoms with Crippen molar-refractivity contribution >= 4 is 44.8 Å². The van der Waals surface area contributed by atoms with E-state index >= 15 is 0 Å². The second-order valence-electron chi connectivity index (χ2n) is 7.39. The van der Waals surface area contributed by atoms with Crippen molar-refractivity contribution in [3.63, 3.8) is 0 Å². The Kier molecular flexibility index (Phi) is 7.45. The lowest BCUT2D eigenvalue weighted by molar-refractivity contribution is 0.0956. The molecule has 1 amide bonds. The first-order chi connectivity index (χ1) is 14.2. The average molecular weight is 467 g/mol. The Balaban J connectivity index is 1.71. The van der Waals surface area contributed by atoms with Crippen molar-refractivity contribution in [2.75, 3.05) is 17.1 Å². The Morgan fingerprint density at radius 2 is 1.73 bits per heavy atom. The molecule has 0 bridgehead atoms. The molecule has 0 aromatic heterocycles. The van der Waals surface area contributed by atoms with Crippen LogP contribution in [0.1, 0.15) is 41.6 Å². The molecule has 0 saturated carbocycles. The van der Waals surface area contributed by atoms with Crippen LogP contribution in [0.3, 0.4) is 0 Å². The third kappa shape index (κ3) is 6.24. The van der Waals surface area contributed by atoms with Gasteiger partial charge in [-0.15, -0.1) is 0 Å². The number of carbonyl (C=O) groups is 1. The lowest BCUT2D eigenvalue weighted by atomic mass is 9.99. The summed E-state index contributed by atoms with van der Waals surface area (Å²) in [6.45, 7) is 0.669. The number of benzene rings is 2. The molecular weight excluding hydrogens is 443 g/mol. The molecule has 2 aromatic rings. The molecule has 8 heteroatoms. The Hall–Kier alpha value is -2.02. The van der Waals surface area contributed by atoms with Gasteiger partial charge in [0, 0.05) is 22.2 Å². The van der Waals surface area contributed by atoms with Crippen LogP contribution in [-0.2, 0) is 16.6 Å². The van der Waals surface area contributed by atoms with E-state index in [0.29, 0.717) is 27.8 Å². The number of carbonyl (C=O) groups excluding carboxylic acids is 1. The molecule has 0 fully saturated rings. The Bertz CT molecular complexity index is 1030. The highest BCUT2D eigenvalue weighted by Gasteiger charge is 2.19. The fourth-order valence-corrected chi connectivity index (χ4v) is 4.76. The highest BCUT2D eigenvalue weighted by Crippen LogP contribution is 2.28. The summed E-state index contributed by atoms with van der Waals surface area (Å²) in [5.74, 6) is -0.144. The number of allylic oxidation sites excluding steroid dienone is 1. The molecule has 0 unspecified atom stereocenters. The van der Waals surface area contributed by atoms with Crippen molar-refractivity contribution in [3.8, 4) is 0 Å². The Morgan fingerprint density at radius 1 is 1.07 bits per heavy atom. The third-order valence-corrected chi connectivity index (χ3v) is 6.52. The van der Waals surface area contributed by atoms with E-state index in [-0.39, 0.29) is 12.5 Å². The Morgan fingerprint density at radius 3 is 2.30 bits per heavy atom. The predicted octanol–water partition coefficient (Wildman–Crippen LogP) is 5.19. The van der Waals surface area contributed by atoms with E-state index in [1.54, 1.807) is 42.5 Å². The molecule has 0 saturated heterocycles. The lowest BCUT2D eigenvalue weighted by Crippen LogP contribution is -2.29. The maximum atomic E-state index is 12.4. The number of hydrogen-bond donors (Lipinski definition) is 1. The fourth-order valence-electron chi connectivity index (χ4n) is 3.37. The van der Waals surface area contributed by atoms with Crippen molar-refractivity contribution in [1.29, 1.82) is 0 Å². The van der Waals surface area contributed by atoms with Gasteiger partial charge in [-0.1, -0.05) is 47.0 Å². The summed E-state index contributed by atoms with van der Waals surface area (Å²) in [5.41, 5.74) is 2.93. The molecule has 3 rings (SSSR count). The van der Waals surface area contributed by atoms with Crippen LogP contribution in [0.2, 0.25) is 10.0 Å². The molecule has 1 N–H and O–H groups in total. The lowest BCUT2D eigenvalue weighted by Gasteiger charge is -2.23. The van der Waals surface area contributed by atoms with E-state index in [9.17, 15) is 13.2 Å². The van der Waals surface area contributed by atoms with Gasteiger partial charge in [0.15, 0.2) is 0 Å². The van der Waals surface area contributed by atoms with E-state index < -0.39 is 10.0 Å². The molecule has 160 valence electrons. The molecule has 0 aliphatic heterocycles. The standard InChI is InChI=1S/C22H24Cl2N2O3S/c1-30(28,29)26(21-12-19(23)11-20(24)13-21)15-17-7-9-18(10-8-17)22(27)25-14-16-5-3-2-4-6-16/h5,7-13H,2-4,6,14-15H2,1H3,(H,25,27). The summed E-state index contributed by atoms with van der Waals surface area (Å²) in [6.07, 6.45) is 7.83. The maximum Gasteiger partial charge on any atom is 0.251 e. The average Bonchev–Trinajstić information content (AvgIpc) is 2.70. The summed E-state index contributed by atoms with van der Waals surface area (Å²) in [7, 11) is -3.57. The highest BCUT2D eigenvalue weighted by atomic mass is 35.5. The molecule has 0 heterocycles. The zero-order chi connectivity index (χ0) is 21.7. The minimum Gasteiger partial charge on any atom is -0.348 e. The van der Waals surface area contributed by atoms with E-state index in [1.165, 1.54) is 22.7 Å². The minimum absolute atomic E-state index is 0.101. The molecule has 0 radical (unpaired) electrons. The van der Waals surface area contributed by atoms with Crippen LogP contribution in [0.25, 0.3) is 0 Å². The van der Waals surface area contributed by atoms with Gasteiger partial charge in [-0.05, 0) is 61.6 Å². The molecule has 0 atom stereocenters. The van der Waals surface area contributed by atoms with Crippen molar-refractivity contribution < 1.29 is 13.2 Å². The van der Waals surface area contributed by atoms with Crippen LogP contribution in [-0.4, -0.2) is 27.1 Å². The second kappa shape index (κ2) is 9.86. The molecule has 30 heavy (non-hydrogen) atoms. The number of nitrogens with one attached hydrogen (secondary N) is 1. The second-order valence-corrected chi connectivity index (χ2v) is 10.2. The van der Waals surface area contributed by atoms with Crippen molar-refractivity contribution in [1.82, 2.24) is 5.32 Å². The topological polar surface area (TPSA) is 66.5 Å². The molecule has 0 spiro atoms. The van der Waals surface area contributed by atoms with Gasteiger partial charge in [0.25, 0.3) is 5.91 Å². The van der Waals surface area contributed by atoms with Crippen molar-refractivity contribution in [2.24, 2.45) is 0 Å². The summed E-state index contributed by atoms with van der Waals surface area (Å²) >= 11 is 12.1. The normalized spacial score (nSPS) is 14.2. The van der Waals surface area contributed by atoms with Gasteiger partial charge >= 0.3 is 0 Å². The fraction of sp³-hybridized carbons (Fsp3) is 0.318. The Labute approximate surface area is 187 Å². The zero-order valence-electron chi connectivity index (χ0n) is 16.7.